The fourth-order valence-corrected chi connectivity index (χ4v) is 2.47. The molecule has 1 aliphatic heterocycles. The fourth-order valence-electron chi connectivity index (χ4n) is 2.25. The van der Waals surface area contributed by atoms with E-state index < -0.39 is 0 Å². The number of hydrogen-bond acceptors (Lipinski definition) is 5. The van der Waals surface area contributed by atoms with Gasteiger partial charge < -0.3 is 16.4 Å². The maximum absolute atomic E-state index is 12.5. The Morgan fingerprint density at radius 3 is 2.70 bits per heavy atom. The summed E-state index contributed by atoms with van der Waals surface area (Å²) in [6, 6.07) is 6.93. The summed E-state index contributed by atoms with van der Waals surface area (Å²) in [6.45, 7) is 0.724. The molecule has 0 saturated heterocycles. The molecule has 4 N–H and O–H groups in total. The van der Waals surface area contributed by atoms with Crippen molar-refractivity contribution < 1.29 is 4.79 Å². The van der Waals surface area contributed by atoms with Crippen LogP contribution in [0.15, 0.2) is 24.3 Å². The lowest BCUT2D eigenvalue weighted by molar-refractivity contribution is 0.0751. The SMILES string of the molecule is Nc1nc(N)c2c(n1)CN(C(=O)c1ccccc1Cl)C2. The molecule has 20 heavy (non-hydrogen) atoms. The Bertz CT molecular complexity index is 703. The van der Waals surface area contributed by atoms with E-state index in [1.165, 1.54) is 0 Å². The second-order valence-corrected chi connectivity index (χ2v) is 4.94. The lowest BCUT2D eigenvalue weighted by Gasteiger charge is -2.15. The van der Waals surface area contributed by atoms with E-state index in [-0.39, 0.29) is 11.9 Å². The van der Waals surface area contributed by atoms with E-state index in [0.29, 0.717) is 35.2 Å². The third kappa shape index (κ3) is 2.04. The van der Waals surface area contributed by atoms with Crippen LogP contribution in [-0.2, 0) is 13.1 Å². The largest absolute Gasteiger partial charge is 0.383 e. The first kappa shape index (κ1) is 12.7. The summed E-state index contributed by atoms with van der Waals surface area (Å²) in [5.41, 5.74) is 13.3. The van der Waals surface area contributed by atoms with E-state index in [1.807, 2.05) is 0 Å². The number of carbonyl (C=O) groups is 1. The minimum absolute atomic E-state index is 0.119. The number of nitrogens with two attached hydrogens (primary N) is 2. The number of nitrogen functional groups attached to an aromatic ring is 2. The van der Waals surface area contributed by atoms with Crippen molar-refractivity contribution in [2.75, 3.05) is 11.5 Å². The highest BCUT2D eigenvalue weighted by molar-refractivity contribution is 6.33. The van der Waals surface area contributed by atoms with Crippen molar-refractivity contribution >= 4 is 29.3 Å². The Morgan fingerprint density at radius 1 is 1.20 bits per heavy atom. The average Bonchev–Trinajstić information content (AvgIpc) is 2.82. The highest BCUT2D eigenvalue weighted by atomic mass is 35.5. The summed E-state index contributed by atoms with van der Waals surface area (Å²) in [4.78, 5) is 22.1. The van der Waals surface area contributed by atoms with E-state index in [1.54, 1.807) is 29.2 Å². The van der Waals surface area contributed by atoms with Crippen LogP contribution in [0.2, 0.25) is 5.02 Å². The normalized spacial score (nSPS) is 13.3. The number of halogens is 1. The van der Waals surface area contributed by atoms with Crippen LogP contribution in [-0.4, -0.2) is 20.8 Å². The van der Waals surface area contributed by atoms with Crippen molar-refractivity contribution in [3.63, 3.8) is 0 Å². The first-order valence-electron chi connectivity index (χ1n) is 6.01. The van der Waals surface area contributed by atoms with Gasteiger partial charge in [-0.2, -0.15) is 4.98 Å². The molecule has 1 aromatic carbocycles. The first-order valence-corrected chi connectivity index (χ1v) is 6.38. The number of amides is 1. The molecule has 7 heteroatoms. The number of anilines is 2. The van der Waals surface area contributed by atoms with Crippen LogP contribution in [0, 0.1) is 0 Å². The molecule has 0 atom stereocenters. The topological polar surface area (TPSA) is 98.1 Å². The van der Waals surface area contributed by atoms with Crippen LogP contribution >= 0.6 is 11.6 Å². The Morgan fingerprint density at radius 2 is 1.95 bits per heavy atom. The monoisotopic (exact) mass is 289 g/mol. The Labute approximate surface area is 120 Å². The van der Waals surface area contributed by atoms with Gasteiger partial charge in [0.1, 0.15) is 5.82 Å². The van der Waals surface area contributed by atoms with E-state index in [4.69, 9.17) is 23.1 Å². The summed E-state index contributed by atoms with van der Waals surface area (Å²) < 4.78 is 0. The average molecular weight is 290 g/mol. The van der Waals surface area contributed by atoms with E-state index in [2.05, 4.69) is 9.97 Å². The number of rotatable bonds is 1. The molecule has 0 saturated carbocycles. The molecule has 0 bridgehead atoms. The quantitative estimate of drug-likeness (QED) is 0.828. The first-order chi connectivity index (χ1) is 9.56. The molecule has 2 heterocycles. The number of nitrogens with zero attached hydrogens (tertiary/aromatic N) is 3. The summed E-state index contributed by atoms with van der Waals surface area (Å²) in [7, 11) is 0. The molecule has 1 aliphatic rings. The highest BCUT2D eigenvalue weighted by Gasteiger charge is 2.28. The second kappa shape index (κ2) is 4.64. The Balaban J connectivity index is 1.91. The molecule has 0 spiro atoms. The molecule has 3 rings (SSSR count). The minimum atomic E-state index is -0.161. The third-order valence-electron chi connectivity index (χ3n) is 3.22. The molecule has 1 amide bonds. The third-order valence-corrected chi connectivity index (χ3v) is 3.55. The summed E-state index contributed by atoms with van der Waals surface area (Å²) in [6.07, 6.45) is 0. The molecular formula is C13H12ClN5O. The van der Waals surface area contributed by atoms with Gasteiger partial charge in [0, 0.05) is 5.56 Å². The van der Waals surface area contributed by atoms with Crippen molar-refractivity contribution in [2.24, 2.45) is 0 Å². The van der Waals surface area contributed by atoms with Gasteiger partial charge in [0.2, 0.25) is 5.95 Å². The number of aromatic nitrogens is 2. The van der Waals surface area contributed by atoms with Crippen LogP contribution in [0.25, 0.3) is 0 Å². The van der Waals surface area contributed by atoms with Gasteiger partial charge in [-0.05, 0) is 12.1 Å². The van der Waals surface area contributed by atoms with Crippen molar-refractivity contribution in [2.45, 2.75) is 13.1 Å². The van der Waals surface area contributed by atoms with Gasteiger partial charge in [-0.1, -0.05) is 23.7 Å². The molecular weight excluding hydrogens is 278 g/mol. The highest BCUT2D eigenvalue weighted by Crippen LogP contribution is 2.28. The standard InChI is InChI=1S/C13H12ClN5O/c14-9-4-2-1-3-7(9)12(20)19-5-8-10(6-19)17-13(16)18-11(8)15/h1-4H,5-6H2,(H4,15,16,17,18). The van der Waals surface area contributed by atoms with Gasteiger partial charge in [0.05, 0.1) is 29.4 Å². The number of carbonyl (C=O) groups excluding carboxylic acids is 1. The van der Waals surface area contributed by atoms with Crippen LogP contribution < -0.4 is 11.5 Å². The maximum atomic E-state index is 12.5. The summed E-state index contributed by atoms with van der Waals surface area (Å²) >= 11 is 6.05. The predicted molar refractivity (Wildman–Crippen MR) is 75.9 cm³/mol. The van der Waals surface area contributed by atoms with Crippen molar-refractivity contribution in [1.82, 2.24) is 14.9 Å². The summed E-state index contributed by atoms with van der Waals surface area (Å²) in [5.74, 6) is 0.279. The van der Waals surface area contributed by atoms with Gasteiger partial charge in [-0.3, -0.25) is 4.79 Å². The molecule has 0 unspecified atom stereocenters. The van der Waals surface area contributed by atoms with Crippen molar-refractivity contribution in [3.05, 3.63) is 46.1 Å². The zero-order chi connectivity index (χ0) is 14.3. The predicted octanol–water partition coefficient (Wildman–Crippen LogP) is 1.45. The van der Waals surface area contributed by atoms with Gasteiger partial charge >= 0.3 is 0 Å². The Hall–Kier alpha value is -2.34. The van der Waals surface area contributed by atoms with E-state index >= 15 is 0 Å². The zero-order valence-electron chi connectivity index (χ0n) is 10.5. The number of benzene rings is 1. The minimum Gasteiger partial charge on any atom is -0.383 e. The van der Waals surface area contributed by atoms with Crippen LogP contribution in [0.4, 0.5) is 11.8 Å². The molecule has 0 fully saturated rings. The molecule has 102 valence electrons. The molecule has 0 aliphatic carbocycles. The van der Waals surface area contributed by atoms with Crippen LogP contribution in [0.3, 0.4) is 0 Å². The second-order valence-electron chi connectivity index (χ2n) is 4.53. The van der Waals surface area contributed by atoms with Gasteiger partial charge in [0.15, 0.2) is 0 Å². The molecule has 2 aromatic rings. The molecule has 6 nitrogen and oxygen atoms in total. The van der Waals surface area contributed by atoms with Crippen molar-refractivity contribution in [1.29, 1.82) is 0 Å². The zero-order valence-corrected chi connectivity index (χ0v) is 11.3. The van der Waals surface area contributed by atoms with Crippen LogP contribution in [0.5, 0.6) is 0 Å². The number of fused-ring (bicyclic) bond motifs is 1. The number of hydrogen-bond donors (Lipinski definition) is 2. The molecule has 1 aromatic heterocycles. The van der Waals surface area contributed by atoms with E-state index in [0.717, 1.165) is 5.56 Å². The van der Waals surface area contributed by atoms with E-state index in [9.17, 15) is 4.79 Å². The van der Waals surface area contributed by atoms with Gasteiger partial charge in [-0.25, -0.2) is 4.98 Å². The molecule has 0 radical (unpaired) electrons. The van der Waals surface area contributed by atoms with Gasteiger partial charge in [0.25, 0.3) is 5.91 Å². The fraction of sp³-hybridized carbons (Fsp3) is 0.154. The van der Waals surface area contributed by atoms with Gasteiger partial charge in [-0.15, -0.1) is 0 Å². The smallest absolute Gasteiger partial charge is 0.256 e. The Kier molecular flexibility index (Phi) is 2.94. The maximum Gasteiger partial charge on any atom is 0.256 e. The lowest BCUT2D eigenvalue weighted by Crippen LogP contribution is -2.25. The van der Waals surface area contributed by atoms with Crippen LogP contribution in [0.1, 0.15) is 21.6 Å². The lowest BCUT2D eigenvalue weighted by atomic mass is 10.2. The summed E-state index contributed by atoms with van der Waals surface area (Å²) in [5, 5.41) is 0.423. The van der Waals surface area contributed by atoms with Crippen molar-refractivity contribution in [3.8, 4) is 0 Å².